The lowest BCUT2D eigenvalue weighted by molar-refractivity contribution is -0.113. The zero-order chi connectivity index (χ0) is 19.7. The summed E-state index contributed by atoms with van der Waals surface area (Å²) in [7, 11) is 0. The Labute approximate surface area is 165 Å². The number of thioether (sulfide) groups is 1. The van der Waals surface area contributed by atoms with E-state index in [0.29, 0.717) is 18.6 Å². The van der Waals surface area contributed by atoms with E-state index in [4.69, 9.17) is 4.74 Å². The minimum absolute atomic E-state index is 0.0550. The standard InChI is InChI=1S/C22H27NO3S/c1-22(2,3)26-21(25)23-19(15-14-17-10-6-4-7-11-17)20(24)27-16-18-12-8-5-9-13-18/h4-13,19H,14-16H2,1-3H3,(H,23,25). The minimum atomic E-state index is -0.603. The highest BCUT2D eigenvalue weighted by atomic mass is 32.2. The molecule has 27 heavy (non-hydrogen) atoms. The lowest BCUT2D eigenvalue weighted by Gasteiger charge is -2.23. The Bertz CT molecular complexity index is 726. The molecular formula is C22H27NO3S. The zero-order valence-corrected chi connectivity index (χ0v) is 16.9. The second-order valence-electron chi connectivity index (χ2n) is 7.32. The zero-order valence-electron chi connectivity index (χ0n) is 16.1. The number of hydrogen-bond donors (Lipinski definition) is 1. The normalized spacial score (nSPS) is 12.3. The van der Waals surface area contributed by atoms with E-state index in [2.05, 4.69) is 5.32 Å². The molecule has 0 bridgehead atoms. The molecule has 2 aromatic carbocycles. The number of carbonyl (C=O) groups is 2. The molecule has 1 N–H and O–H groups in total. The molecule has 0 aliphatic rings. The average molecular weight is 386 g/mol. The Morgan fingerprint density at radius 1 is 0.963 bits per heavy atom. The van der Waals surface area contributed by atoms with Gasteiger partial charge in [0.15, 0.2) is 0 Å². The molecule has 5 heteroatoms. The van der Waals surface area contributed by atoms with E-state index in [-0.39, 0.29) is 5.12 Å². The predicted octanol–water partition coefficient (Wildman–Crippen LogP) is 4.97. The molecule has 1 amide bonds. The molecule has 4 nitrogen and oxygen atoms in total. The first-order chi connectivity index (χ1) is 12.8. The van der Waals surface area contributed by atoms with Gasteiger partial charge in [-0.15, -0.1) is 0 Å². The molecule has 1 unspecified atom stereocenters. The molecule has 2 aromatic rings. The molecule has 0 aliphatic carbocycles. The van der Waals surface area contributed by atoms with Gasteiger partial charge in [0.1, 0.15) is 11.6 Å². The maximum absolute atomic E-state index is 12.7. The molecule has 0 heterocycles. The highest BCUT2D eigenvalue weighted by Crippen LogP contribution is 2.18. The van der Waals surface area contributed by atoms with E-state index in [1.807, 2.05) is 60.7 Å². The van der Waals surface area contributed by atoms with Crippen LogP contribution in [-0.4, -0.2) is 22.9 Å². The van der Waals surface area contributed by atoms with Gasteiger partial charge in [-0.1, -0.05) is 72.4 Å². The van der Waals surface area contributed by atoms with E-state index < -0.39 is 17.7 Å². The number of carbonyl (C=O) groups excluding carboxylic acids is 2. The monoisotopic (exact) mass is 385 g/mol. The van der Waals surface area contributed by atoms with Crippen molar-refractivity contribution in [2.24, 2.45) is 0 Å². The summed E-state index contributed by atoms with van der Waals surface area (Å²) < 4.78 is 5.32. The van der Waals surface area contributed by atoms with Gasteiger partial charge in [0.25, 0.3) is 0 Å². The Balaban J connectivity index is 1.98. The van der Waals surface area contributed by atoms with Crippen molar-refractivity contribution in [3.05, 3.63) is 71.8 Å². The molecular weight excluding hydrogens is 358 g/mol. The summed E-state index contributed by atoms with van der Waals surface area (Å²) in [6.45, 7) is 5.41. The van der Waals surface area contributed by atoms with Crippen LogP contribution in [0.15, 0.2) is 60.7 Å². The van der Waals surface area contributed by atoms with Gasteiger partial charge in [-0.3, -0.25) is 4.79 Å². The predicted molar refractivity (Wildman–Crippen MR) is 111 cm³/mol. The summed E-state index contributed by atoms with van der Waals surface area (Å²) in [5, 5.41) is 2.69. The van der Waals surface area contributed by atoms with Crippen LogP contribution < -0.4 is 5.32 Å². The van der Waals surface area contributed by atoms with Crippen LogP contribution in [0.25, 0.3) is 0 Å². The van der Waals surface area contributed by atoms with Gasteiger partial charge in [-0.2, -0.15) is 0 Å². The summed E-state index contributed by atoms with van der Waals surface area (Å²) in [6, 6.07) is 19.2. The highest BCUT2D eigenvalue weighted by molar-refractivity contribution is 8.13. The molecule has 0 fully saturated rings. The van der Waals surface area contributed by atoms with Crippen LogP contribution in [0.1, 0.15) is 38.3 Å². The summed E-state index contributed by atoms with van der Waals surface area (Å²) in [5.74, 6) is 0.581. The molecule has 0 spiro atoms. The van der Waals surface area contributed by atoms with E-state index in [1.54, 1.807) is 20.8 Å². The SMILES string of the molecule is CC(C)(C)OC(=O)NC(CCc1ccccc1)C(=O)SCc1ccccc1. The third kappa shape index (κ3) is 8.31. The summed E-state index contributed by atoms with van der Waals surface area (Å²) in [4.78, 5) is 24.9. The first-order valence-corrected chi connectivity index (χ1v) is 10.1. The van der Waals surface area contributed by atoms with E-state index in [9.17, 15) is 9.59 Å². The fraction of sp³-hybridized carbons (Fsp3) is 0.364. The number of aryl methyl sites for hydroxylation is 1. The molecule has 0 aromatic heterocycles. The van der Waals surface area contributed by atoms with E-state index >= 15 is 0 Å². The van der Waals surface area contributed by atoms with Crippen LogP contribution in [-0.2, 0) is 21.7 Å². The largest absolute Gasteiger partial charge is 0.444 e. The summed E-state index contributed by atoms with van der Waals surface area (Å²) in [5.41, 5.74) is 1.61. The third-order valence-electron chi connectivity index (χ3n) is 3.76. The second-order valence-corrected chi connectivity index (χ2v) is 8.30. The molecule has 0 radical (unpaired) electrons. The van der Waals surface area contributed by atoms with Crippen molar-refractivity contribution < 1.29 is 14.3 Å². The number of alkyl carbamates (subject to hydrolysis) is 1. The maximum atomic E-state index is 12.7. The molecule has 2 rings (SSSR count). The Morgan fingerprint density at radius 2 is 1.52 bits per heavy atom. The molecule has 0 saturated carbocycles. The van der Waals surface area contributed by atoms with Crippen molar-refractivity contribution in [2.45, 2.75) is 51.0 Å². The third-order valence-corrected chi connectivity index (χ3v) is 4.81. The van der Waals surface area contributed by atoms with Gasteiger partial charge >= 0.3 is 6.09 Å². The van der Waals surface area contributed by atoms with Crippen LogP contribution in [0.3, 0.4) is 0 Å². The van der Waals surface area contributed by atoms with Gasteiger partial charge in [-0.05, 0) is 44.7 Å². The van der Waals surface area contributed by atoms with Crippen LogP contribution >= 0.6 is 11.8 Å². The van der Waals surface area contributed by atoms with Gasteiger partial charge < -0.3 is 10.1 Å². The Morgan fingerprint density at radius 3 is 2.07 bits per heavy atom. The molecule has 1 atom stereocenters. The van der Waals surface area contributed by atoms with Crippen LogP contribution in [0.2, 0.25) is 0 Å². The maximum Gasteiger partial charge on any atom is 0.408 e. The van der Waals surface area contributed by atoms with Gasteiger partial charge in [0, 0.05) is 5.75 Å². The van der Waals surface area contributed by atoms with Crippen LogP contribution in [0.5, 0.6) is 0 Å². The quantitative estimate of drug-likeness (QED) is 0.731. The molecule has 0 aliphatic heterocycles. The average Bonchev–Trinajstić information content (AvgIpc) is 2.63. The van der Waals surface area contributed by atoms with Crippen molar-refractivity contribution >= 4 is 23.0 Å². The van der Waals surface area contributed by atoms with Crippen LogP contribution in [0, 0.1) is 0 Å². The topological polar surface area (TPSA) is 55.4 Å². The van der Waals surface area contributed by atoms with Gasteiger partial charge in [-0.25, -0.2) is 4.79 Å². The fourth-order valence-electron chi connectivity index (χ4n) is 2.48. The van der Waals surface area contributed by atoms with Gasteiger partial charge in [0.05, 0.1) is 0 Å². The second kappa shape index (κ2) is 10.2. The van der Waals surface area contributed by atoms with Crippen molar-refractivity contribution in [2.75, 3.05) is 0 Å². The van der Waals surface area contributed by atoms with E-state index in [1.165, 1.54) is 11.8 Å². The molecule has 0 saturated heterocycles. The fourth-order valence-corrected chi connectivity index (χ4v) is 3.36. The highest BCUT2D eigenvalue weighted by Gasteiger charge is 2.24. The molecule has 144 valence electrons. The number of benzene rings is 2. The number of hydrogen-bond acceptors (Lipinski definition) is 4. The van der Waals surface area contributed by atoms with Crippen molar-refractivity contribution in [3.8, 4) is 0 Å². The summed E-state index contributed by atoms with van der Waals surface area (Å²) in [6.07, 6.45) is 0.678. The lowest BCUT2D eigenvalue weighted by atomic mass is 10.1. The van der Waals surface area contributed by atoms with Crippen molar-refractivity contribution in [1.29, 1.82) is 0 Å². The van der Waals surface area contributed by atoms with Gasteiger partial charge in [0.2, 0.25) is 5.12 Å². The first kappa shape index (κ1) is 21.0. The number of nitrogens with one attached hydrogen (secondary N) is 1. The smallest absolute Gasteiger partial charge is 0.408 e. The summed E-state index contributed by atoms with van der Waals surface area (Å²) >= 11 is 1.22. The van der Waals surface area contributed by atoms with Crippen LogP contribution in [0.4, 0.5) is 4.79 Å². The minimum Gasteiger partial charge on any atom is -0.444 e. The number of amides is 1. The van der Waals surface area contributed by atoms with Crippen molar-refractivity contribution in [3.63, 3.8) is 0 Å². The van der Waals surface area contributed by atoms with E-state index in [0.717, 1.165) is 11.1 Å². The Hall–Kier alpha value is -2.27. The number of ether oxygens (including phenoxy) is 1. The Kier molecular flexibility index (Phi) is 7.92. The lowest BCUT2D eigenvalue weighted by Crippen LogP contribution is -2.43. The van der Waals surface area contributed by atoms with Crippen molar-refractivity contribution in [1.82, 2.24) is 5.32 Å². The first-order valence-electron chi connectivity index (χ1n) is 9.07. The number of rotatable bonds is 7.